The molecule has 6 nitrogen and oxygen atoms in total. The van der Waals surface area contributed by atoms with E-state index in [1.807, 2.05) is 0 Å². The van der Waals surface area contributed by atoms with Crippen LogP contribution in [0.5, 0.6) is 0 Å². The molecular formula is C13H13N3O3. The minimum atomic E-state index is -1.06. The lowest BCUT2D eigenvalue weighted by Gasteiger charge is -2.23. The Morgan fingerprint density at radius 2 is 2.11 bits per heavy atom. The van der Waals surface area contributed by atoms with Crippen molar-refractivity contribution in [1.82, 2.24) is 14.5 Å². The fourth-order valence-corrected chi connectivity index (χ4v) is 2.48. The second-order valence-corrected chi connectivity index (χ2v) is 4.51. The second-order valence-electron chi connectivity index (χ2n) is 4.51. The second kappa shape index (κ2) is 4.47. The summed E-state index contributed by atoms with van der Waals surface area (Å²) in [5, 5.41) is 19.3. The third-order valence-electron chi connectivity index (χ3n) is 3.33. The van der Waals surface area contributed by atoms with Crippen molar-refractivity contribution in [2.45, 2.75) is 25.5 Å². The number of aliphatic hydroxyl groups is 1. The predicted molar refractivity (Wildman–Crippen MR) is 66.6 cm³/mol. The van der Waals surface area contributed by atoms with E-state index in [1.54, 1.807) is 29.1 Å². The Hall–Kier alpha value is -2.21. The summed E-state index contributed by atoms with van der Waals surface area (Å²) in [4.78, 5) is 19.4. The summed E-state index contributed by atoms with van der Waals surface area (Å²) in [5.74, 6) is -0.569. The minimum absolute atomic E-state index is 0.0329. The van der Waals surface area contributed by atoms with E-state index in [0.717, 1.165) is 12.0 Å². The van der Waals surface area contributed by atoms with Gasteiger partial charge in [-0.15, -0.1) is 0 Å². The van der Waals surface area contributed by atoms with Crippen LogP contribution in [0.1, 0.15) is 35.3 Å². The molecule has 0 aliphatic carbocycles. The van der Waals surface area contributed by atoms with Crippen LogP contribution in [0.25, 0.3) is 11.4 Å². The van der Waals surface area contributed by atoms with Gasteiger partial charge in [-0.25, -0.2) is 9.78 Å². The topological polar surface area (TPSA) is 88.2 Å². The average Bonchev–Trinajstić information content (AvgIpc) is 2.81. The number of pyridine rings is 1. The molecule has 0 radical (unpaired) electrons. The first kappa shape index (κ1) is 11.9. The molecule has 2 N–H and O–H groups in total. The molecule has 0 saturated carbocycles. The van der Waals surface area contributed by atoms with Crippen LogP contribution in [0.3, 0.4) is 0 Å². The lowest BCUT2D eigenvalue weighted by molar-refractivity contribution is 0.0678. The molecule has 1 aliphatic heterocycles. The number of carbonyl (C=O) groups is 1. The number of nitrogens with zero attached hydrogens (tertiary/aromatic N) is 3. The van der Waals surface area contributed by atoms with Crippen LogP contribution in [-0.4, -0.2) is 30.7 Å². The van der Waals surface area contributed by atoms with Crippen LogP contribution in [-0.2, 0) is 6.42 Å². The number of hydrogen-bond acceptors (Lipinski definition) is 4. The summed E-state index contributed by atoms with van der Waals surface area (Å²) in [5.41, 5.74) is 1.38. The molecule has 19 heavy (non-hydrogen) atoms. The first-order chi connectivity index (χ1) is 9.18. The van der Waals surface area contributed by atoms with Crippen molar-refractivity contribution in [3.05, 3.63) is 35.9 Å². The molecule has 0 amide bonds. The SMILES string of the molecule is O=C(O)c1nc(-c2ccncc2)n2c1CCCC2O. The van der Waals surface area contributed by atoms with E-state index in [9.17, 15) is 15.0 Å². The molecule has 2 aromatic rings. The third-order valence-corrected chi connectivity index (χ3v) is 3.33. The van der Waals surface area contributed by atoms with E-state index in [2.05, 4.69) is 9.97 Å². The summed E-state index contributed by atoms with van der Waals surface area (Å²) < 4.78 is 1.63. The highest BCUT2D eigenvalue weighted by molar-refractivity contribution is 5.88. The van der Waals surface area contributed by atoms with Gasteiger partial charge in [0.05, 0.1) is 5.69 Å². The van der Waals surface area contributed by atoms with E-state index in [-0.39, 0.29) is 5.69 Å². The maximum absolute atomic E-state index is 11.3. The van der Waals surface area contributed by atoms with Gasteiger partial charge in [-0.2, -0.15) is 0 Å². The Kier molecular flexibility index (Phi) is 2.79. The highest BCUT2D eigenvalue weighted by atomic mass is 16.4. The summed E-state index contributed by atoms with van der Waals surface area (Å²) >= 11 is 0. The number of aromatic nitrogens is 3. The van der Waals surface area contributed by atoms with Gasteiger partial charge < -0.3 is 14.8 Å². The van der Waals surface area contributed by atoms with Crippen LogP contribution in [0, 0.1) is 0 Å². The van der Waals surface area contributed by atoms with Gasteiger partial charge >= 0.3 is 5.97 Å². The molecule has 0 spiro atoms. The monoisotopic (exact) mass is 259 g/mol. The Morgan fingerprint density at radius 3 is 2.79 bits per heavy atom. The maximum Gasteiger partial charge on any atom is 0.356 e. The summed E-state index contributed by atoms with van der Waals surface area (Å²) in [7, 11) is 0. The fourth-order valence-electron chi connectivity index (χ4n) is 2.48. The quantitative estimate of drug-likeness (QED) is 0.852. The first-order valence-corrected chi connectivity index (χ1v) is 6.11. The van der Waals surface area contributed by atoms with Crippen LogP contribution in [0.4, 0.5) is 0 Å². The molecule has 3 rings (SSSR count). The minimum Gasteiger partial charge on any atom is -0.476 e. The molecule has 1 atom stereocenters. The lowest BCUT2D eigenvalue weighted by Crippen LogP contribution is -2.19. The molecule has 98 valence electrons. The zero-order valence-corrected chi connectivity index (χ0v) is 10.2. The van der Waals surface area contributed by atoms with Crippen molar-refractivity contribution >= 4 is 5.97 Å². The summed E-state index contributed by atoms with van der Waals surface area (Å²) in [6.45, 7) is 0. The zero-order valence-electron chi connectivity index (χ0n) is 10.2. The molecule has 6 heteroatoms. The van der Waals surface area contributed by atoms with E-state index < -0.39 is 12.2 Å². The van der Waals surface area contributed by atoms with Gasteiger partial charge in [0, 0.05) is 18.0 Å². The van der Waals surface area contributed by atoms with E-state index in [1.165, 1.54) is 0 Å². The summed E-state index contributed by atoms with van der Waals surface area (Å²) in [6, 6.07) is 3.51. The van der Waals surface area contributed by atoms with E-state index in [4.69, 9.17) is 0 Å². The van der Waals surface area contributed by atoms with Crippen molar-refractivity contribution in [1.29, 1.82) is 0 Å². The molecular weight excluding hydrogens is 246 g/mol. The molecule has 0 bridgehead atoms. The third kappa shape index (κ3) is 1.90. The van der Waals surface area contributed by atoms with Crippen LogP contribution in [0.15, 0.2) is 24.5 Å². The highest BCUT2D eigenvalue weighted by Gasteiger charge is 2.28. The summed E-state index contributed by atoms with van der Waals surface area (Å²) in [6.07, 6.45) is 4.52. The van der Waals surface area contributed by atoms with E-state index in [0.29, 0.717) is 24.4 Å². The van der Waals surface area contributed by atoms with Gasteiger partial charge in [0.1, 0.15) is 12.1 Å². The number of rotatable bonds is 2. The van der Waals surface area contributed by atoms with Crippen molar-refractivity contribution < 1.29 is 15.0 Å². The largest absolute Gasteiger partial charge is 0.476 e. The number of fused-ring (bicyclic) bond motifs is 1. The Bertz CT molecular complexity index is 622. The van der Waals surface area contributed by atoms with Crippen molar-refractivity contribution in [2.75, 3.05) is 0 Å². The van der Waals surface area contributed by atoms with Gasteiger partial charge in [-0.1, -0.05) is 0 Å². The maximum atomic E-state index is 11.3. The number of carboxylic acid groups (broad SMARTS) is 1. The normalized spacial score (nSPS) is 18.1. The predicted octanol–water partition coefficient (Wildman–Crippen LogP) is 1.47. The van der Waals surface area contributed by atoms with Gasteiger partial charge in [-0.05, 0) is 31.4 Å². The lowest BCUT2D eigenvalue weighted by atomic mass is 10.1. The number of aliphatic hydroxyl groups excluding tert-OH is 1. The van der Waals surface area contributed by atoms with Gasteiger partial charge in [0.25, 0.3) is 0 Å². The first-order valence-electron chi connectivity index (χ1n) is 6.11. The van der Waals surface area contributed by atoms with Crippen molar-refractivity contribution in [3.8, 4) is 11.4 Å². The van der Waals surface area contributed by atoms with Crippen LogP contribution in [0.2, 0.25) is 0 Å². The van der Waals surface area contributed by atoms with E-state index >= 15 is 0 Å². The highest BCUT2D eigenvalue weighted by Crippen LogP contribution is 2.32. The molecule has 0 fully saturated rings. The van der Waals surface area contributed by atoms with Crippen LogP contribution < -0.4 is 0 Å². The number of carboxylic acids is 1. The smallest absolute Gasteiger partial charge is 0.356 e. The Balaban J connectivity index is 2.23. The van der Waals surface area contributed by atoms with Gasteiger partial charge in [0.15, 0.2) is 5.69 Å². The Labute approximate surface area is 109 Å². The number of imidazole rings is 1. The fraction of sp³-hybridized carbons (Fsp3) is 0.308. The molecule has 3 heterocycles. The van der Waals surface area contributed by atoms with Crippen LogP contribution >= 0.6 is 0 Å². The number of hydrogen-bond donors (Lipinski definition) is 2. The molecule has 1 unspecified atom stereocenters. The van der Waals surface area contributed by atoms with Gasteiger partial charge in [-0.3, -0.25) is 4.98 Å². The standard InChI is InChI=1S/C13H13N3O3/c17-10-3-1-2-9-11(13(18)19)15-12(16(9)10)8-4-6-14-7-5-8/h4-7,10,17H,1-3H2,(H,18,19). The molecule has 0 saturated heterocycles. The Morgan fingerprint density at radius 1 is 1.37 bits per heavy atom. The molecule has 2 aromatic heterocycles. The van der Waals surface area contributed by atoms with Crippen molar-refractivity contribution in [3.63, 3.8) is 0 Å². The average molecular weight is 259 g/mol. The molecule has 0 aromatic carbocycles. The zero-order chi connectivity index (χ0) is 13.4. The molecule has 1 aliphatic rings. The van der Waals surface area contributed by atoms with Gasteiger partial charge in [0.2, 0.25) is 0 Å². The number of aromatic carboxylic acids is 1. The van der Waals surface area contributed by atoms with Crippen molar-refractivity contribution in [2.24, 2.45) is 0 Å².